The summed E-state index contributed by atoms with van der Waals surface area (Å²) in [5.41, 5.74) is 0.629. The van der Waals surface area contributed by atoms with Crippen LogP contribution in [-0.2, 0) is 22.2 Å². The molecule has 3 aliphatic heterocycles. The Morgan fingerprint density at radius 3 is 1.98 bits per heavy atom. The van der Waals surface area contributed by atoms with Gasteiger partial charge < -0.3 is 19.6 Å². The van der Waals surface area contributed by atoms with Gasteiger partial charge in [0.05, 0.1) is 12.2 Å². The van der Waals surface area contributed by atoms with E-state index in [1.54, 1.807) is 9.80 Å². The molecule has 3 aromatic carbocycles. The minimum atomic E-state index is -4.48. The highest BCUT2D eigenvalue weighted by Crippen LogP contribution is 2.40. The van der Waals surface area contributed by atoms with Crippen LogP contribution < -0.4 is 4.90 Å². The van der Waals surface area contributed by atoms with E-state index in [0.717, 1.165) is 37.1 Å². The molecule has 1 spiro atoms. The van der Waals surface area contributed by atoms with Crippen molar-refractivity contribution in [2.24, 2.45) is 5.92 Å². The second kappa shape index (κ2) is 12.6. The summed E-state index contributed by atoms with van der Waals surface area (Å²) in [6.45, 7) is 2.16. The van der Waals surface area contributed by atoms with Crippen molar-refractivity contribution in [3.05, 3.63) is 102 Å². The molecule has 3 aliphatic rings. The minimum Gasteiger partial charge on any atom is -0.341 e. The number of carbonyl (C=O) groups is 3. The Kier molecular flexibility index (Phi) is 8.57. The first-order chi connectivity index (χ1) is 21.6. The van der Waals surface area contributed by atoms with Gasteiger partial charge in [0, 0.05) is 37.4 Å². The molecule has 3 fully saturated rings. The summed E-state index contributed by atoms with van der Waals surface area (Å²) in [6.07, 6.45) is -0.921. The molecule has 0 saturated carbocycles. The standard InChI is InChI=1S/C35H37F3N4O3/c36-35(37,38)29-13-11-28(12-14-29)32(44)40-21-17-34(18-22-40)33(45)41(25-42(34)30-9-5-2-6-10-30)24-31(43)39-19-15-27(16-20-39)23-26-7-3-1-4-8-26/h1-14,27H,15-25H2. The fourth-order valence-corrected chi connectivity index (χ4v) is 6.98. The van der Waals surface area contributed by atoms with E-state index < -0.39 is 17.3 Å². The van der Waals surface area contributed by atoms with Gasteiger partial charge in [-0.1, -0.05) is 48.5 Å². The number of rotatable bonds is 6. The van der Waals surface area contributed by atoms with Crippen LogP contribution in [0.3, 0.4) is 0 Å². The molecule has 0 atom stereocenters. The lowest BCUT2D eigenvalue weighted by Gasteiger charge is -2.43. The van der Waals surface area contributed by atoms with Crippen molar-refractivity contribution in [2.45, 2.75) is 43.8 Å². The summed E-state index contributed by atoms with van der Waals surface area (Å²) in [5.74, 6) is -0.0167. The lowest BCUT2D eigenvalue weighted by Crippen LogP contribution is -2.57. The predicted molar refractivity (Wildman–Crippen MR) is 164 cm³/mol. The van der Waals surface area contributed by atoms with E-state index in [2.05, 4.69) is 17.0 Å². The largest absolute Gasteiger partial charge is 0.416 e. The lowest BCUT2D eigenvalue weighted by molar-refractivity contribution is -0.141. The van der Waals surface area contributed by atoms with E-state index in [1.807, 2.05) is 53.4 Å². The Labute approximate surface area is 261 Å². The zero-order valence-corrected chi connectivity index (χ0v) is 25.1. The fraction of sp³-hybridized carbons (Fsp3) is 0.400. The van der Waals surface area contributed by atoms with E-state index in [1.165, 1.54) is 17.7 Å². The fourth-order valence-electron chi connectivity index (χ4n) is 6.98. The Morgan fingerprint density at radius 2 is 1.38 bits per heavy atom. The molecule has 0 N–H and O–H groups in total. The molecule has 236 valence electrons. The van der Waals surface area contributed by atoms with Crippen molar-refractivity contribution < 1.29 is 27.6 Å². The second-order valence-electron chi connectivity index (χ2n) is 12.3. The van der Waals surface area contributed by atoms with E-state index in [0.29, 0.717) is 31.8 Å². The van der Waals surface area contributed by atoms with Gasteiger partial charge in [-0.3, -0.25) is 14.4 Å². The molecule has 0 aromatic heterocycles. The van der Waals surface area contributed by atoms with Gasteiger partial charge >= 0.3 is 6.18 Å². The lowest BCUT2D eigenvalue weighted by atomic mass is 9.85. The Balaban J connectivity index is 1.11. The quantitative estimate of drug-likeness (QED) is 0.368. The third kappa shape index (κ3) is 6.41. The van der Waals surface area contributed by atoms with Gasteiger partial charge in [-0.25, -0.2) is 0 Å². The molecule has 45 heavy (non-hydrogen) atoms. The molecule has 6 rings (SSSR count). The number of halogens is 3. The molecular formula is C35H37F3N4O3. The molecule has 0 unspecified atom stereocenters. The van der Waals surface area contributed by atoms with E-state index in [9.17, 15) is 27.6 Å². The summed E-state index contributed by atoms with van der Waals surface area (Å²) in [6, 6.07) is 24.2. The number of benzene rings is 3. The molecule has 0 radical (unpaired) electrons. The molecule has 3 saturated heterocycles. The van der Waals surface area contributed by atoms with Crippen LogP contribution in [0, 0.1) is 5.92 Å². The number of piperidine rings is 2. The van der Waals surface area contributed by atoms with Crippen molar-refractivity contribution >= 4 is 23.4 Å². The van der Waals surface area contributed by atoms with Gasteiger partial charge in [-0.2, -0.15) is 13.2 Å². The molecule has 0 aliphatic carbocycles. The number of amides is 3. The van der Waals surface area contributed by atoms with Crippen LogP contribution in [0.15, 0.2) is 84.9 Å². The Hall–Kier alpha value is -4.34. The number of likely N-dealkylation sites (tertiary alicyclic amines) is 2. The zero-order chi connectivity index (χ0) is 31.6. The maximum Gasteiger partial charge on any atom is 0.416 e. The van der Waals surface area contributed by atoms with Crippen LogP contribution in [-0.4, -0.2) is 77.4 Å². The van der Waals surface area contributed by atoms with Crippen LogP contribution in [0.25, 0.3) is 0 Å². The van der Waals surface area contributed by atoms with Crippen molar-refractivity contribution in [1.29, 1.82) is 0 Å². The average molecular weight is 619 g/mol. The first kappa shape index (κ1) is 30.7. The number of carbonyl (C=O) groups excluding carboxylic acids is 3. The highest BCUT2D eigenvalue weighted by atomic mass is 19.4. The van der Waals surface area contributed by atoms with Crippen LogP contribution in [0.5, 0.6) is 0 Å². The average Bonchev–Trinajstić information content (AvgIpc) is 3.31. The maximum absolute atomic E-state index is 14.1. The topological polar surface area (TPSA) is 64.2 Å². The van der Waals surface area contributed by atoms with Gasteiger partial charge in [0.2, 0.25) is 5.91 Å². The molecule has 10 heteroatoms. The summed E-state index contributed by atoms with van der Waals surface area (Å²) in [4.78, 5) is 47.9. The van der Waals surface area contributed by atoms with Gasteiger partial charge in [0.15, 0.2) is 0 Å². The van der Waals surface area contributed by atoms with Crippen molar-refractivity contribution in [3.63, 3.8) is 0 Å². The van der Waals surface area contributed by atoms with Gasteiger partial charge in [0.25, 0.3) is 11.8 Å². The summed E-state index contributed by atoms with van der Waals surface area (Å²) in [7, 11) is 0. The number of hydrogen-bond donors (Lipinski definition) is 0. The predicted octanol–water partition coefficient (Wildman–Crippen LogP) is 5.47. The normalized spacial score (nSPS) is 19.0. The number of para-hydroxylation sites is 1. The van der Waals surface area contributed by atoms with Gasteiger partial charge in [0.1, 0.15) is 12.1 Å². The van der Waals surface area contributed by atoms with Crippen LogP contribution >= 0.6 is 0 Å². The number of anilines is 1. The van der Waals surface area contributed by atoms with Crippen molar-refractivity contribution in [2.75, 3.05) is 44.3 Å². The van der Waals surface area contributed by atoms with Gasteiger partial charge in [-0.05, 0) is 80.0 Å². The highest BCUT2D eigenvalue weighted by molar-refractivity contribution is 5.97. The van der Waals surface area contributed by atoms with E-state index >= 15 is 0 Å². The van der Waals surface area contributed by atoms with E-state index in [4.69, 9.17) is 0 Å². The molecule has 7 nitrogen and oxygen atoms in total. The minimum absolute atomic E-state index is 0.00146. The van der Waals surface area contributed by atoms with Crippen molar-refractivity contribution in [1.82, 2.24) is 14.7 Å². The number of nitrogens with zero attached hydrogens (tertiary/aromatic N) is 4. The first-order valence-corrected chi connectivity index (χ1v) is 15.5. The molecule has 3 heterocycles. The number of hydrogen-bond acceptors (Lipinski definition) is 4. The van der Waals surface area contributed by atoms with Crippen LogP contribution in [0.1, 0.15) is 47.2 Å². The van der Waals surface area contributed by atoms with Crippen molar-refractivity contribution in [3.8, 4) is 0 Å². The molecule has 3 aromatic rings. The third-order valence-electron chi connectivity index (χ3n) is 9.58. The van der Waals surface area contributed by atoms with Gasteiger partial charge in [-0.15, -0.1) is 0 Å². The summed E-state index contributed by atoms with van der Waals surface area (Å²) < 4.78 is 39.0. The smallest absolute Gasteiger partial charge is 0.341 e. The van der Waals surface area contributed by atoms with Crippen LogP contribution in [0.4, 0.5) is 18.9 Å². The summed E-state index contributed by atoms with van der Waals surface area (Å²) in [5, 5.41) is 0. The van der Waals surface area contributed by atoms with E-state index in [-0.39, 0.29) is 49.6 Å². The summed E-state index contributed by atoms with van der Waals surface area (Å²) >= 11 is 0. The first-order valence-electron chi connectivity index (χ1n) is 15.5. The zero-order valence-electron chi connectivity index (χ0n) is 25.1. The Bertz CT molecular complexity index is 1500. The third-order valence-corrected chi connectivity index (χ3v) is 9.58. The molecule has 3 amide bonds. The second-order valence-corrected chi connectivity index (χ2v) is 12.3. The van der Waals surface area contributed by atoms with Crippen LogP contribution in [0.2, 0.25) is 0 Å². The Morgan fingerprint density at radius 1 is 0.778 bits per heavy atom. The highest BCUT2D eigenvalue weighted by Gasteiger charge is 2.54. The monoisotopic (exact) mass is 618 g/mol. The molecular weight excluding hydrogens is 581 g/mol. The SMILES string of the molecule is O=C(CN1CN(c2ccccc2)C2(CCN(C(=O)c3ccc(C(F)(F)F)cc3)CC2)C1=O)N1CCC(Cc2ccccc2)CC1. The maximum atomic E-state index is 14.1. The number of alkyl halides is 3. The molecule has 0 bridgehead atoms.